The minimum absolute atomic E-state index is 0.0305. The van der Waals surface area contributed by atoms with Gasteiger partial charge in [-0.05, 0) is 56.0 Å². The number of urea groups is 1. The van der Waals surface area contributed by atoms with Gasteiger partial charge >= 0.3 is 12.0 Å². The van der Waals surface area contributed by atoms with E-state index in [-0.39, 0.29) is 25.7 Å². The molecule has 0 aliphatic carbocycles. The maximum atomic E-state index is 14.1. The highest BCUT2D eigenvalue weighted by Crippen LogP contribution is 2.27. The first-order valence-electron chi connectivity index (χ1n) is 13.8. The van der Waals surface area contributed by atoms with Crippen LogP contribution in [0.1, 0.15) is 43.9 Å². The summed E-state index contributed by atoms with van der Waals surface area (Å²) in [6, 6.07) is 22.0. The summed E-state index contributed by atoms with van der Waals surface area (Å²) < 4.78 is 11.8. The molecule has 0 bridgehead atoms. The maximum Gasteiger partial charge on any atom is 0.319 e. The molecule has 3 amide bonds. The molecule has 3 aromatic rings. The number of carbonyl (C=O) groups excluding carboxylic acids is 2. The number of fused-ring (bicyclic) bond motifs is 1. The topological polar surface area (TPSA) is 117 Å². The van der Waals surface area contributed by atoms with E-state index in [1.165, 1.54) is 0 Å². The number of rotatable bonds is 11. The Bertz CT molecular complexity index is 1350. The fourth-order valence-corrected chi connectivity index (χ4v) is 4.91. The van der Waals surface area contributed by atoms with E-state index in [1.807, 2.05) is 68.4 Å². The summed E-state index contributed by atoms with van der Waals surface area (Å²) in [5.74, 6) is -0.793. The van der Waals surface area contributed by atoms with Crippen LogP contribution in [0.2, 0.25) is 0 Å². The standard InChI is InChI=1S/C32H37N3O6/c1-21(2)41-28-15-9-14-26(17-28)33-32(39)34-30(22(3)40-20-23-10-5-4-6-11-23)31(38)35-19-25-13-8-7-12-24(25)16-27(35)18-29(36)37/h4-15,17,21-22,27,30H,16,18-20H2,1-3H3,(H,36,37)(H2,33,34,39)/t22?,27-,30?/m1/s1. The van der Waals surface area contributed by atoms with Crippen molar-refractivity contribution in [2.75, 3.05) is 5.32 Å². The zero-order chi connectivity index (χ0) is 29.4. The molecular formula is C32H37N3O6. The van der Waals surface area contributed by atoms with E-state index in [1.54, 1.807) is 36.1 Å². The molecule has 0 aromatic heterocycles. The largest absolute Gasteiger partial charge is 0.491 e. The first-order valence-corrected chi connectivity index (χ1v) is 13.8. The molecule has 1 aliphatic rings. The van der Waals surface area contributed by atoms with E-state index in [0.717, 1.165) is 16.7 Å². The Hall–Kier alpha value is -4.37. The Morgan fingerprint density at radius 3 is 2.37 bits per heavy atom. The molecule has 216 valence electrons. The lowest BCUT2D eigenvalue weighted by molar-refractivity contribution is -0.144. The summed E-state index contributed by atoms with van der Waals surface area (Å²) in [6.07, 6.45) is -0.542. The predicted octanol–water partition coefficient (Wildman–Crippen LogP) is 5.00. The van der Waals surface area contributed by atoms with Crippen LogP contribution < -0.4 is 15.4 Å². The zero-order valence-electron chi connectivity index (χ0n) is 23.6. The second-order valence-corrected chi connectivity index (χ2v) is 10.5. The number of carbonyl (C=O) groups is 3. The van der Waals surface area contributed by atoms with Gasteiger partial charge in [-0.15, -0.1) is 0 Å². The van der Waals surface area contributed by atoms with Crippen molar-refractivity contribution in [1.82, 2.24) is 10.2 Å². The molecule has 3 aromatic carbocycles. The van der Waals surface area contributed by atoms with Crippen molar-refractivity contribution in [3.8, 4) is 5.75 Å². The van der Waals surface area contributed by atoms with Gasteiger partial charge in [0.1, 0.15) is 11.8 Å². The molecular weight excluding hydrogens is 522 g/mol. The van der Waals surface area contributed by atoms with Crippen LogP contribution in [0.4, 0.5) is 10.5 Å². The third-order valence-corrected chi connectivity index (χ3v) is 6.89. The Morgan fingerprint density at radius 2 is 1.66 bits per heavy atom. The quantitative estimate of drug-likeness (QED) is 0.305. The molecule has 1 aliphatic heterocycles. The van der Waals surface area contributed by atoms with Crippen LogP contribution >= 0.6 is 0 Å². The smallest absolute Gasteiger partial charge is 0.319 e. The lowest BCUT2D eigenvalue weighted by atomic mass is 9.91. The molecule has 3 N–H and O–H groups in total. The van der Waals surface area contributed by atoms with Crippen molar-refractivity contribution in [3.63, 3.8) is 0 Å². The Kier molecular flexibility index (Phi) is 9.97. The van der Waals surface area contributed by atoms with Gasteiger partial charge in [-0.25, -0.2) is 4.79 Å². The number of amides is 3. The maximum absolute atomic E-state index is 14.1. The molecule has 2 unspecified atom stereocenters. The van der Waals surface area contributed by atoms with Crippen molar-refractivity contribution in [2.45, 2.75) is 71.1 Å². The molecule has 1 heterocycles. The lowest BCUT2D eigenvalue weighted by Gasteiger charge is -2.39. The molecule has 0 saturated carbocycles. The van der Waals surface area contributed by atoms with Crippen molar-refractivity contribution >= 4 is 23.6 Å². The van der Waals surface area contributed by atoms with E-state index in [4.69, 9.17) is 9.47 Å². The average molecular weight is 560 g/mol. The van der Waals surface area contributed by atoms with Crippen LogP contribution in [0.15, 0.2) is 78.9 Å². The second kappa shape index (κ2) is 13.8. The van der Waals surface area contributed by atoms with Gasteiger partial charge in [0.15, 0.2) is 0 Å². The molecule has 41 heavy (non-hydrogen) atoms. The highest BCUT2D eigenvalue weighted by Gasteiger charge is 2.38. The molecule has 0 fully saturated rings. The number of anilines is 1. The van der Waals surface area contributed by atoms with Crippen molar-refractivity contribution in [2.24, 2.45) is 0 Å². The Balaban J connectivity index is 1.56. The van der Waals surface area contributed by atoms with Gasteiger partial charge in [0, 0.05) is 24.3 Å². The molecule has 4 rings (SSSR count). The van der Waals surface area contributed by atoms with Gasteiger partial charge in [0.25, 0.3) is 0 Å². The fourth-order valence-electron chi connectivity index (χ4n) is 4.91. The van der Waals surface area contributed by atoms with Gasteiger partial charge in [-0.2, -0.15) is 0 Å². The second-order valence-electron chi connectivity index (χ2n) is 10.5. The van der Waals surface area contributed by atoms with E-state index >= 15 is 0 Å². The van der Waals surface area contributed by atoms with E-state index in [9.17, 15) is 19.5 Å². The van der Waals surface area contributed by atoms with Crippen molar-refractivity contribution < 1.29 is 29.0 Å². The van der Waals surface area contributed by atoms with Gasteiger partial charge < -0.3 is 30.1 Å². The highest BCUT2D eigenvalue weighted by molar-refractivity contribution is 5.94. The first kappa shape index (κ1) is 29.6. The summed E-state index contributed by atoms with van der Waals surface area (Å²) in [5, 5.41) is 15.2. The number of carboxylic acid groups (broad SMARTS) is 1. The third kappa shape index (κ3) is 8.31. The van der Waals surface area contributed by atoms with E-state index in [0.29, 0.717) is 17.9 Å². The summed E-state index contributed by atoms with van der Waals surface area (Å²) in [4.78, 5) is 40.6. The van der Waals surface area contributed by atoms with Crippen LogP contribution in [0, 0.1) is 0 Å². The highest BCUT2D eigenvalue weighted by atomic mass is 16.5. The minimum atomic E-state index is -1.07. The number of hydrogen-bond donors (Lipinski definition) is 3. The molecule has 0 radical (unpaired) electrons. The monoisotopic (exact) mass is 559 g/mol. The van der Waals surface area contributed by atoms with Gasteiger partial charge in [-0.1, -0.05) is 60.7 Å². The Morgan fingerprint density at radius 1 is 0.951 bits per heavy atom. The fraction of sp³-hybridized carbons (Fsp3) is 0.344. The van der Waals surface area contributed by atoms with Crippen LogP contribution in [-0.4, -0.2) is 52.2 Å². The summed E-state index contributed by atoms with van der Waals surface area (Å²) in [6.45, 7) is 6.04. The molecule has 3 atom stereocenters. The first-order chi connectivity index (χ1) is 19.7. The van der Waals surface area contributed by atoms with Gasteiger partial charge in [0.05, 0.1) is 25.2 Å². The number of nitrogens with zero attached hydrogens (tertiary/aromatic N) is 1. The molecule has 0 spiro atoms. The van der Waals surface area contributed by atoms with Gasteiger partial charge in [0.2, 0.25) is 5.91 Å². The SMILES string of the molecule is CC(C)Oc1cccc(NC(=O)NC(C(=O)N2Cc3ccccc3C[C@@H]2CC(=O)O)C(C)OCc2ccccc2)c1. The number of hydrogen-bond acceptors (Lipinski definition) is 5. The lowest BCUT2D eigenvalue weighted by Crippen LogP contribution is -2.58. The van der Waals surface area contributed by atoms with Crippen molar-refractivity contribution in [1.29, 1.82) is 0 Å². The molecule has 9 nitrogen and oxygen atoms in total. The number of benzene rings is 3. The van der Waals surface area contributed by atoms with E-state index in [2.05, 4.69) is 10.6 Å². The third-order valence-electron chi connectivity index (χ3n) is 6.89. The summed E-state index contributed by atoms with van der Waals surface area (Å²) in [5.41, 5.74) is 3.39. The van der Waals surface area contributed by atoms with Gasteiger partial charge in [-0.3, -0.25) is 9.59 Å². The Labute approximate surface area is 240 Å². The molecule has 0 saturated heterocycles. The van der Waals surface area contributed by atoms with Crippen LogP contribution in [0.25, 0.3) is 0 Å². The molecule has 9 heteroatoms. The van der Waals surface area contributed by atoms with Crippen LogP contribution in [0.5, 0.6) is 5.75 Å². The number of ether oxygens (including phenoxy) is 2. The normalized spacial score (nSPS) is 15.9. The number of nitrogens with one attached hydrogen (secondary N) is 2. The zero-order valence-corrected chi connectivity index (χ0v) is 23.6. The number of carboxylic acids is 1. The van der Waals surface area contributed by atoms with Crippen molar-refractivity contribution in [3.05, 3.63) is 95.6 Å². The average Bonchev–Trinajstić information content (AvgIpc) is 2.94. The van der Waals surface area contributed by atoms with E-state index < -0.39 is 36.1 Å². The van der Waals surface area contributed by atoms with Crippen LogP contribution in [-0.2, 0) is 33.9 Å². The predicted molar refractivity (Wildman–Crippen MR) is 156 cm³/mol. The minimum Gasteiger partial charge on any atom is -0.491 e. The van der Waals surface area contributed by atoms with Crippen LogP contribution in [0.3, 0.4) is 0 Å². The number of aliphatic carboxylic acids is 1. The summed E-state index contributed by atoms with van der Waals surface area (Å²) >= 11 is 0. The summed E-state index contributed by atoms with van der Waals surface area (Å²) in [7, 11) is 0.